The van der Waals surface area contributed by atoms with Crippen LogP contribution in [0.25, 0.3) is 44.2 Å². The van der Waals surface area contributed by atoms with Gasteiger partial charge in [0.25, 0.3) is 0 Å². The molecule has 306 valence electrons. The Morgan fingerprint density at radius 2 is 0.862 bits per heavy atom. The van der Waals surface area contributed by atoms with E-state index in [1.807, 2.05) is 11.8 Å². The average molecular weight is 849 g/mol. The van der Waals surface area contributed by atoms with Crippen molar-refractivity contribution >= 4 is 67.8 Å². The second-order valence-electron chi connectivity index (χ2n) is 16.8. The van der Waals surface area contributed by atoms with Gasteiger partial charge in [0, 0.05) is 49.0 Å². The fraction of sp³-hybridized carbons (Fsp3) is 0.0164. The third-order valence-electron chi connectivity index (χ3n) is 13.3. The maximum atomic E-state index is 6.91. The van der Waals surface area contributed by atoms with Gasteiger partial charge in [-0.05, 0) is 129 Å². The number of furan rings is 1. The normalized spacial score (nSPS) is 13.0. The van der Waals surface area contributed by atoms with Crippen molar-refractivity contribution in [3.05, 3.63) is 265 Å². The summed E-state index contributed by atoms with van der Waals surface area (Å²) in [6, 6.07) is 87.9. The van der Waals surface area contributed by atoms with Gasteiger partial charge in [0.1, 0.15) is 5.58 Å². The first-order valence-corrected chi connectivity index (χ1v) is 23.0. The Bertz CT molecular complexity index is 3540. The lowest BCUT2D eigenvalue weighted by Crippen LogP contribution is -2.31. The molecule has 0 bridgehead atoms. The zero-order valence-electron chi connectivity index (χ0n) is 35.3. The van der Waals surface area contributed by atoms with Crippen LogP contribution in [0.2, 0.25) is 0 Å². The molecule has 10 aromatic carbocycles. The van der Waals surface area contributed by atoms with E-state index in [-0.39, 0.29) is 0 Å². The van der Waals surface area contributed by atoms with E-state index in [2.05, 4.69) is 252 Å². The lowest BCUT2D eigenvalue weighted by Gasteiger charge is -2.39. The second-order valence-corrected chi connectivity index (χ2v) is 17.9. The Balaban J connectivity index is 0.966. The van der Waals surface area contributed by atoms with Crippen LogP contribution >= 0.6 is 11.8 Å². The predicted octanol–water partition coefficient (Wildman–Crippen LogP) is 17.0. The Labute approximate surface area is 382 Å². The molecule has 0 atom stereocenters. The van der Waals surface area contributed by atoms with Crippen LogP contribution in [0.3, 0.4) is 0 Å². The first-order valence-electron chi connectivity index (χ1n) is 22.2. The van der Waals surface area contributed by atoms with Crippen LogP contribution in [-0.4, -0.2) is 0 Å². The highest BCUT2D eigenvalue weighted by molar-refractivity contribution is 7.99. The van der Waals surface area contributed by atoms with Gasteiger partial charge in [0.2, 0.25) is 0 Å². The SMILES string of the molecule is c1ccc(-c2ccc(N(c3ccccc3)c3cccc4c3oc3ccc(N(c5ccccc5)c5ccc6c(c5)-c5ccccc5C65c6ccccc6Sc6ccccc65)cc34)cc2)cc1. The minimum Gasteiger partial charge on any atom is -0.454 e. The van der Waals surface area contributed by atoms with E-state index in [1.54, 1.807) is 0 Å². The summed E-state index contributed by atoms with van der Waals surface area (Å²) in [5.74, 6) is 0. The van der Waals surface area contributed by atoms with Crippen LogP contribution in [0, 0.1) is 0 Å². The zero-order valence-corrected chi connectivity index (χ0v) is 36.1. The third-order valence-corrected chi connectivity index (χ3v) is 14.5. The molecule has 0 radical (unpaired) electrons. The summed E-state index contributed by atoms with van der Waals surface area (Å²) in [6.07, 6.45) is 0. The summed E-state index contributed by atoms with van der Waals surface area (Å²) in [6.45, 7) is 0. The number of fused-ring (bicyclic) bond motifs is 12. The van der Waals surface area contributed by atoms with Crippen LogP contribution in [0.5, 0.6) is 0 Å². The highest BCUT2D eigenvalue weighted by atomic mass is 32.2. The highest BCUT2D eigenvalue weighted by Gasteiger charge is 2.50. The fourth-order valence-electron chi connectivity index (χ4n) is 10.5. The number of hydrogen-bond acceptors (Lipinski definition) is 4. The van der Waals surface area contributed by atoms with Gasteiger partial charge in [-0.3, -0.25) is 0 Å². The van der Waals surface area contributed by atoms with Gasteiger partial charge in [-0.1, -0.05) is 169 Å². The van der Waals surface area contributed by atoms with Gasteiger partial charge >= 0.3 is 0 Å². The molecule has 65 heavy (non-hydrogen) atoms. The molecule has 0 unspecified atom stereocenters. The summed E-state index contributed by atoms with van der Waals surface area (Å²) in [7, 11) is 0. The largest absolute Gasteiger partial charge is 0.454 e. The van der Waals surface area contributed by atoms with Crippen LogP contribution < -0.4 is 9.80 Å². The molecule has 3 nitrogen and oxygen atoms in total. The van der Waals surface area contributed by atoms with Gasteiger partial charge in [-0.15, -0.1) is 0 Å². The summed E-state index contributed by atoms with van der Waals surface area (Å²) >= 11 is 1.88. The fourth-order valence-corrected chi connectivity index (χ4v) is 11.7. The molecule has 1 aliphatic carbocycles. The van der Waals surface area contributed by atoms with E-state index in [0.717, 1.165) is 56.1 Å². The standard InChI is InChI=1S/C61H40N2OS/c1-4-17-41(18-5-1)42-31-33-45(34-32-42)63(44-21-8-3-9-22-44)56-28-16-24-49-51-40-47(36-38-57(51)64-60(49)56)62(43-19-6-2-7-20-43)46-35-37-53-50(39-46)48-23-10-11-25-52(48)61(53)54-26-12-14-29-58(54)65-59-30-15-13-27-55(59)61/h1-40H. The molecule has 13 rings (SSSR count). The summed E-state index contributed by atoms with van der Waals surface area (Å²) in [5, 5.41) is 2.12. The smallest absolute Gasteiger partial charge is 0.159 e. The number of para-hydroxylation sites is 3. The Hall–Kier alpha value is -8.05. The van der Waals surface area contributed by atoms with E-state index in [0.29, 0.717) is 0 Å². The Morgan fingerprint density at radius 1 is 0.338 bits per heavy atom. The van der Waals surface area contributed by atoms with Crippen LogP contribution in [0.1, 0.15) is 22.3 Å². The second kappa shape index (κ2) is 15.0. The molecule has 1 spiro atoms. The molecule has 11 aromatic rings. The molecule has 1 aliphatic heterocycles. The molecule has 2 aliphatic rings. The van der Waals surface area contributed by atoms with Crippen molar-refractivity contribution in [1.82, 2.24) is 0 Å². The third kappa shape index (κ3) is 5.84. The van der Waals surface area contributed by atoms with Crippen molar-refractivity contribution in [2.45, 2.75) is 15.2 Å². The number of benzene rings is 10. The van der Waals surface area contributed by atoms with Crippen molar-refractivity contribution in [3.8, 4) is 22.3 Å². The molecular weight excluding hydrogens is 809 g/mol. The molecule has 0 saturated carbocycles. The van der Waals surface area contributed by atoms with Crippen LogP contribution in [0.15, 0.2) is 257 Å². The van der Waals surface area contributed by atoms with Crippen LogP contribution in [0.4, 0.5) is 34.1 Å². The van der Waals surface area contributed by atoms with E-state index >= 15 is 0 Å². The van der Waals surface area contributed by atoms with Crippen molar-refractivity contribution < 1.29 is 4.42 Å². The lowest BCUT2D eigenvalue weighted by atomic mass is 9.67. The molecule has 0 saturated heterocycles. The minimum atomic E-state index is -0.426. The number of rotatable bonds is 7. The van der Waals surface area contributed by atoms with Crippen molar-refractivity contribution in [2.75, 3.05) is 9.80 Å². The van der Waals surface area contributed by atoms with E-state index in [4.69, 9.17) is 4.42 Å². The highest BCUT2D eigenvalue weighted by Crippen LogP contribution is 2.62. The molecule has 0 fully saturated rings. The summed E-state index contributed by atoms with van der Waals surface area (Å²) in [4.78, 5) is 7.30. The van der Waals surface area contributed by atoms with E-state index < -0.39 is 5.41 Å². The van der Waals surface area contributed by atoms with E-state index in [9.17, 15) is 0 Å². The molecule has 4 heteroatoms. The summed E-state index contributed by atoms with van der Waals surface area (Å²) < 4.78 is 6.91. The first kappa shape index (κ1) is 37.5. The molecular formula is C61H40N2OS. The zero-order chi connectivity index (χ0) is 42.9. The Kier molecular flexibility index (Phi) is 8.68. The van der Waals surface area contributed by atoms with Gasteiger partial charge in [-0.25, -0.2) is 0 Å². The average Bonchev–Trinajstić information content (AvgIpc) is 3.89. The first-order chi connectivity index (χ1) is 32.2. The topological polar surface area (TPSA) is 19.6 Å². The van der Waals surface area contributed by atoms with Gasteiger partial charge in [0.15, 0.2) is 5.58 Å². The van der Waals surface area contributed by atoms with Crippen molar-refractivity contribution in [2.24, 2.45) is 0 Å². The minimum absolute atomic E-state index is 0.426. The quantitative estimate of drug-likeness (QED) is 0.159. The molecule has 0 N–H and O–H groups in total. The van der Waals surface area contributed by atoms with Gasteiger partial charge < -0.3 is 14.2 Å². The molecule has 1 aromatic heterocycles. The van der Waals surface area contributed by atoms with Crippen molar-refractivity contribution in [3.63, 3.8) is 0 Å². The molecule has 0 amide bonds. The number of nitrogens with zero attached hydrogens (tertiary/aromatic N) is 2. The van der Waals surface area contributed by atoms with Gasteiger partial charge in [0.05, 0.1) is 11.1 Å². The maximum absolute atomic E-state index is 6.91. The van der Waals surface area contributed by atoms with Crippen LogP contribution in [-0.2, 0) is 5.41 Å². The Morgan fingerprint density at radius 3 is 1.57 bits per heavy atom. The lowest BCUT2D eigenvalue weighted by molar-refractivity contribution is 0.669. The number of hydrogen-bond donors (Lipinski definition) is 0. The maximum Gasteiger partial charge on any atom is 0.159 e. The molecule has 2 heterocycles. The number of anilines is 6. The van der Waals surface area contributed by atoms with Crippen molar-refractivity contribution in [1.29, 1.82) is 0 Å². The predicted molar refractivity (Wildman–Crippen MR) is 270 cm³/mol. The van der Waals surface area contributed by atoms with E-state index in [1.165, 1.54) is 54.3 Å². The monoisotopic (exact) mass is 848 g/mol. The summed E-state index contributed by atoms with van der Waals surface area (Å²) in [5.41, 5.74) is 17.8. The van der Waals surface area contributed by atoms with Gasteiger partial charge in [-0.2, -0.15) is 0 Å².